The van der Waals surface area contributed by atoms with E-state index in [0.717, 1.165) is 30.9 Å². The SMILES string of the molecule is CCNC(COCCCOC)c1ccccc1OCC. The average molecular weight is 281 g/mol. The monoisotopic (exact) mass is 281 g/mol. The van der Waals surface area contributed by atoms with Crippen molar-refractivity contribution in [2.75, 3.05) is 40.1 Å². The van der Waals surface area contributed by atoms with E-state index in [4.69, 9.17) is 14.2 Å². The first-order valence-corrected chi connectivity index (χ1v) is 7.35. The van der Waals surface area contributed by atoms with Gasteiger partial charge in [0.05, 0.1) is 19.3 Å². The van der Waals surface area contributed by atoms with Gasteiger partial charge in [0, 0.05) is 25.9 Å². The van der Waals surface area contributed by atoms with Gasteiger partial charge in [-0.15, -0.1) is 0 Å². The van der Waals surface area contributed by atoms with Crippen LogP contribution >= 0.6 is 0 Å². The Labute approximate surface area is 122 Å². The highest BCUT2D eigenvalue weighted by Crippen LogP contribution is 2.25. The molecule has 1 rings (SSSR count). The summed E-state index contributed by atoms with van der Waals surface area (Å²) in [7, 11) is 1.71. The highest BCUT2D eigenvalue weighted by molar-refractivity contribution is 5.36. The number of ether oxygens (including phenoxy) is 3. The molecule has 0 heterocycles. The van der Waals surface area contributed by atoms with Crippen LogP contribution in [0.1, 0.15) is 31.9 Å². The molecule has 4 heteroatoms. The Morgan fingerprint density at radius 3 is 2.65 bits per heavy atom. The van der Waals surface area contributed by atoms with E-state index >= 15 is 0 Å². The van der Waals surface area contributed by atoms with Crippen LogP contribution in [0.4, 0.5) is 0 Å². The van der Waals surface area contributed by atoms with Gasteiger partial charge in [0.2, 0.25) is 0 Å². The Morgan fingerprint density at radius 2 is 1.95 bits per heavy atom. The van der Waals surface area contributed by atoms with Gasteiger partial charge in [0.25, 0.3) is 0 Å². The summed E-state index contributed by atoms with van der Waals surface area (Å²) in [4.78, 5) is 0. The summed E-state index contributed by atoms with van der Waals surface area (Å²) in [6.45, 7) is 7.76. The minimum absolute atomic E-state index is 0.158. The molecule has 1 N–H and O–H groups in total. The highest BCUT2D eigenvalue weighted by atomic mass is 16.5. The normalized spacial score (nSPS) is 12.3. The van der Waals surface area contributed by atoms with Crippen LogP contribution in [0, 0.1) is 0 Å². The second-order valence-corrected chi connectivity index (χ2v) is 4.50. The zero-order chi connectivity index (χ0) is 14.6. The van der Waals surface area contributed by atoms with Crippen LogP contribution in [0.5, 0.6) is 5.75 Å². The van der Waals surface area contributed by atoms with E-state index in [0.29, 0.717) is 19.8 Å². The van der Waals surface area contributed by atoms with E-state index in [-0.39, 0.29) is 6.04 Å². The maximum absolute atomic E-state index is 5.74. The minimum Gasteiger partial charge on any atom is -0.494 e. The molecule has 0 aliphatic carbocycles. The molecule has 20 heavy (non-hydrogen) atoms. The van der Waals surface area contributed by atoms with Gasteiger partial charge < -0.3 is 19.5 Å². The summed E-state index contributed by atoms with van der Waals surface area (Å²) in [6.07, 6.45) is 0.919. The van der Waals surface area contributed by atoms with Crippen molar-refractivity contribution in [1.29, 1.82) is 0 Å². The van der Waals surface area contributed by atoms with E-state index in [1.165, 1.54) is 0 Å². The summed E-state index contributed by atoms with van der Waals surface area (Å²) < 4.78 is 16.4. The lowest BCUT2D eigenvalue weighted by molar-refractivity contribution is 0.0871. The maximum Gasteiger partial charge on any atom is 0.124 e. The number of nitrogens with one attached hydrogen (secondary N) is 1. The Morgan fingerprint density at radius 1 is 1.15 bits per heavy atom. The average Bonchev–Trinajstić information content (AvgIpc) is 2.47. The molecule has 4 nitrogen and oxygen atoms in total. The molecule has 114 valence electrons. The van der Waals surface area contributed by atoms with Gasteiger partial charge in [0.15, 0.2) is 0 Å². The van der Waals surface area contributed by atoms with Crippen molar-refractivity contribution in [3.05, 3.63) is 29.8 Å². The predicted octanol–water partition coefficient (Wildman–Crippen LogP) is 2.79. The zero-order valence-corrected chi connectivity index (χ0v) is 12.9. The Kier molecular flexibility index (Phi) is 9.04. The third-order valence-electron chi connectivity index (χ3n) is 2.97. The molecule has 0 aliphatic rings. The number of para-hydroxylation sites is 1. The third-order valence-corrected chi connectivity index (χ3v) is 2.97. The van der Waals surface area contributed by atoms with Crippen molar-refractivity contribution in [3.8, 4) is 5.75 Å². The second-order valence-electron chi connectivity index (χ2n) is 4.50. The molecule has 0 aliphatic heterocycles. The van der Waals surface area contributed by atoms with Crippen LogP contribution in [0.3, 0.4) is 0 Å². The summed E-state index contributed by atoms with van der Waals surface area (Å²) in [5, 5.41) is 3.45. The van der Waals surface area contributed by atoms with Crippen LogP contribution in [-0.4, -0.2) is 40.1 Å². The van der Waals surface area contributed by atoms with Crippen molar-refractivity contribution < 1.29 is 14.2 Å². The van der Waals surface area contributed by atoms with Crippen molar-refractivity contribution in [2.24, 2.45) is 0 Å². The first-order chi connectivity index (χ1) is 9.83. The van der Waals surface area contributed by atoms with Crippen LogP contribution in [0.15, 0.2) is 24.3 Å². The highest BCUT2D eigenvalue weighted by Gasteiger charge is 2.15. The molecule has 0 aromatic heterocycles. The van der Waals surface area contributed by atoms with Crippen LogP contribution in [-0.2, 0) is 9.47 Å². The van der Waals surface area contributed by atoms with Gasteiger partial charge in [-0.3, -0.25) is 0 Å². The summed E-state index contributed by atoms with van der Waals surface area (Å²) >= 11 is 0. The number of rotatable bonds is 11. The van der Waals surface area contributed by atoms with Crippen LogP contribution < -0.4 is 10.1 Å². The quantitative estimate of drug-likeness (QED) is 0.633. The van der Waals surface area contributed by atoms with E-state index in [1.54, 1.807) is 7.11 Å². The van der Waals surface area contributed by atoms with E-state index in [9.17, 15) is 0 Å². The first kappa shape index (κ1) is 17.0. The largest absolute Gasteiger partial charge is 0.494 e. The molecule has 0 radical (unpaired) electrons. The topological polar surface area (TPSA) is 39.7 Å². The van der Waals surface area contributed by atoms with Gasteiger partial charge in [0.1, 0.15) is 5.75 Å². The molecular weight excluding hydrogens is 254 g/mol. The fourth-order valence-corrected chi connectivity index (χ4v) is 2.07. The van der Waals surface area contributed by atoms with Crippen LogP contribution in [0.2, 0.25) is 0 Å². The van der Waals surface area contributed by atoms with Gasteiger partial charge in [-0.05, 0) is 26.0 Å². The van der Waals surface area contributed by atoms with Crippen molar-refractivity contribution in [2.45, 2.75) is 26.3 Å². The van der Waals surface area contributed by atoms with E-state index in [2.05, 4.69) is 18.3 Å². The molecule has 1 unspecified atom stereocenters. The molecule has 1 aromatic carbocycles. The molecular formula is C16H27NO3. The number of hydrogen-bond acceptors (Lipinski definition) is 4. The first-order valence-electron chi connectivity index (χ1n) is 7.35. The zero-order valence-electron chi connectivity index (χ0n) is 12.9. The number of benzene rings is 1. The Hall–Kier alpha value is -1.10. The maximum atomic E-state index is 5.74. The number of likely N-dealkylation sites (N-methyl/N-ethyl adjacent to an activating group) is 1. The summed E-state index contributed by atoms with van der Waals surface area (Å²) in [5.41, 5.74) is 1.16. The van der Waals surface area contributed by atoms with Gasteiger partial charge >= 0.3 is 0 Å². The Balaban J connectivity index is 2.60. The standard InChI is InChI=1S/C16H27NO3/c1-4-17-15(13-19-12-8-11-18-3)14-9-6-7-10-16(14)20-5-2/h6-7,9-10,15,17H,4-5,8,11-13H2,1-3H3. The van der Waals surface area contributed by atoms with Gasteiger partial charge in [-0.1, -0.05) is 25.1 Å². The van der Waals surface area contributed by atoms with Crippen molar-refractivity contribution in [3.63, 3.8) is 0 Å². The minimum atomic E-state index is 0.158. The molecule has 1 atom stereocenters. The molecule has 0 saturated heterocycles. The smallest absolute Gasteiger partial charge is 0.124 e. The summed E-state index contributed by atoms with van der Waals surface area (Å²) in [5.74, 6) is 0.932. The second kappa shape index (κ2) is 10.7. The molecule has 0 amide bonds. The van der Waals surface area contributed by atoms with E-state index < -0.39 is 0 Å². The van der Waals surface area contributed by atoms with E-state index in [1.807, 2.05) is 25.1 Å². The summed E-state index contributed by atoms with van der Waals surface area (Å²) in [6, 6.07) is 8.29. The number of hydrogen-bond donors (Lipinski definition) is 1. The molecule has 0 fully saturated rings. The number of methoxy groups -OCH3 is 1. The van der Waals surface area contributed by atoms with Gasteiger partial charge in [-0.25, -0.2) is 0 Å². The van der Waals surface area contributed by atoms with Crippen molar-refractivity contribution >= 4 is 0 Å². The molecule has 0 bridgehead atoms. The van der Waals surface area contributed by atoms with Gasteiger partial charge in [-0.2, -0.15) is 0 Å². The Bertz CT molecular complexity index is 357. The third kappa shape index (κ3) is 5.90. The lowest BCUT2D eigenvalue weighted by Crippen LogP contribution is -2.26. The molecule has 0 saturated carbocycles. The van der Waals surface area contributed by atoms with Crippen LogP contribution in [0.25, 0.3) is 0 Å². The fraction of sp³-hybridized carbons (Fsp3) is 0.625. The lowest BCUT2D eigenvalue weighted by atomic mass is 10.1. The molecule has 0 spiro atoms. The fourth-order valence-electron chi connectivity index (χ4n) is 2.07. The molecule has 1 aromatic rings. The lowest BCUT2D eigenvalue weighted by Gasteiger charge is -2.21. The predicted molar refractivity (Wildman–Crippen MR) is 81.3 cm³/mol. The van der Waals surface area contributed by atoms with Crippen molar-refractivity contribution in [1.82, 2.24) is 5.32 Å².